The Bertz CT molecular complexity index is 438. The molecule has 2 N–H and O–H groups in total. The molecule has 110 valence electrons. The average molecular weight is 278 g/mol. The quantitative estimate of drug-likeness (QED) is 0.885. The number of benzene rings is 1. The Hall–Kier alpha value is -1.59. The molecule has 0 saturated carbocycles. The van der Waals surface area contributed by atoms with Gasteiger partial charge in [0.15, 0.2) is 0 Å². The van der Waals surface area contributed by atoms with Crippen LogP contribution in [0.1, 0.15) is 24.9 Å². The van der Waals surface area contributed by atoms with Gasteiger partial charge in [-0.3, -0.25) is 0 Å². The van der Waals surface area contributed by atoms with Gasteiger partial charge in [-0.15, -0.1) is 0 Å². The van der Waals surface area contributed by atoms with E-state index in [1.165, 1.54) is 10.5 Å². The summed E-state index contributed by atoms with van der Waals surface area (Å²) in [5.41, 5.74) is 1.23. The molecule has 1 amide bonds. The largest absolute Gasteiger partial charge is 0.465 e. The van der Waals surface area contributed by atoms with Crippen LogP contribution in [0.3, 0.4) is 0 Å². The molecule has 1 saturated heterocycles. The van der Waals surface area contributed by atoms with Gasteiger partial charge in [-0.05, 0) is 18.9 Å². The van der Waals surface area contributed by atoms with Crippen molar-refractivity contribution in [1.82, 2.24) is 10.2 Å². The highest BCUT2D eigenvalue weighted by molar-refractivity contribution is 5.65. The van der Waals surface area contributed by atoms with Crippen LogP contribution in [-0.2, 0) is 4.74 Å². The maximum atomic E-state index is 11.0. The van der Waals surface area contributed by atoms with Gasteiger partial charge in [0.1, 0.15) is 0 Å². The lowest BCUT2D eigenvalue weighted by molar-refractivity contribution is 0.00701. The van der Waals surface area contributed by atoms with E-state index >= 15 is 0 Å². The first-order valence-electron chi connectivity index (χ1n) is 6.93. The van der Waals surface area contributed by atoms with Crippen LogP contribution in [0.25, 0.3) is 0 Å². The van der Waals surface area contributed by atoms with Crippen LogP contribution in [0.15, 0.2) is 30.3 Å². The number of amides is 1. The number of piperidine rings is 1. The van der Waals surface area contributed by atoms with E-state index in [0.717, 1.165) is 6.42 Å². The predicted molar refractivity (Wildman–Crippen MR) is 76.8 cm³/mol. The van der Waals surface area contributed by atoms with Crippen molar-refractivity contribution in [3.63, 3.8) is 0 Å². The SMILES string of the molecule is CO[C@@H]1CN(C(=O)O)CCC1NC(C)c1ccccc1. The maximum Gasteiger partial charge on any atom is 0.407 e. The highest BCUT2D eigenvalue weighted by Crippen LogP contribution is 2.19. The molecule has 1 aromatic carbocycles. The highest BCUT2D eigenvalue weighted by atomic mass is 16.5. The van der Waals surface area contributed by atoms with Gasteiger partial charge >= 0.3 is 6.09 Å². The molecule has 1 heterocycles. The number of carbonyl (C=O) groups is 1. The fourth-order valence-corrected chi connectivity index (χ4v) is 2.68. The monoisotopic (exact) mass is 278 g/mol. The third-order valence-electron chi connectivity index (χ3n) is 3.90. The van der Waals surface area contributed by atoms with Crippen molar-refractivity contribution in [2.24, 2.45) is 0 Å². The van der Waals surface area contributed by atoms with Crippen LogP contribution in [-0.4, -0.2) is 48.4 Å². The molecule has 0 radical (unpaired) electrons. The first kappa shape index (κ1) is 14.8. The lowest BCUT2D eigenvalue weighted by Crippen LogP contribution is -2.54. The molecular formula is C15H22N2O3. The summed E-state index contributed by atoms with van der Waals surface area (Å²) in [7, 11) is 1.64. The zero-order valence-corrected chi connectivity index (χ0v) is 12.0. The first-order valence-corrected chi connectivity index (χ1v) is 6.93. The number of hydrogen-bond acceptors (Lipinski definition) is 3. The van der Waals surface area contributed by atoms with Gasteiger partial charge in [0.2, 0.25) is 0 Å². The summed E-state index contributed by atoms with van der Waals surface area (Å²) in [4.78, 5) is 12.4. The first-order chi connectivity index (χ1) is 9.61. The molecule has 5 nitrogen and oxygen atoms in total. The Kier molecular flexibility index (Phi) is 4.98. The van der Waals surface area contributed by atoms with Crippen molar-refractivity contribution in [3.8, 4) is 0 Å². The smallest absolute Gasteiger partial charge is 0.407 e. The highest BCUT2D eigenvalue weighted by Gasteiger charge is 2.32. The molecule has 3 atom stereocenters. The Morgan fingerprint density at radius 2 is 2.15 bits per heavy atom. The number of hydrogen-bond donors (Lipinski definition) is 2. The van der Waals surface area contributed by atoms with Crippen molar-refractivity contribution >= 4 is 6.09 Å². The summed E-state index contributed by atoms with van der Waals surface area (Å²) in [6.07, 6.45) is -0.213. The number of likely N-dealkylation sites (tertiary alicyclic amines) is 1. The van der Waals surface area contributed by atoms with Gasteiger partial charge in [-0.25, -0.2) is 4.79 Å². The Morgan fingerprint density at radius 3 is 2.75 bits per heavy atom. The molecule has 20 heavy (non-hydrogen) atoms. The van der Waals surface area contributed by atoms with Gasteiger partial charge < -0.3 is 20.1 Å². The number of nitrogens with one attached hydrogen (secondary N) is 1. The van der Waals surface area contributed by atoms with Crippen molar-refractivity contribution < 1.29 is 14.6 Å². The van der Waals surface area contributed by atoms with Gasteiger partial charge in [-0.2, -0.15) is 0 Å². The maximum absolute atomic E-state index is 11.0. The fraction of sp³-hybridized carbons (Fsp3) is 0.533. The molecule has 0 aromatic heterocycles. The predicted octanol–water partition coefficient (Wildman–Crippen LogP) is 2.10. The summed E-state index contributed by atoms with van der Waals surface area (Å²) < 4.78 is 5.45. The Morgan fingerprint density at radius 1 is 1.45 bits per heavy atom. The standard InChI is InChI=1S/C15H22N2O3/c1-11(12-6-4-3-5-7-12)16-13-8-9-17(15(18)19)10-14(13)20-2/h3-7,11,13-14,16H,8-10H2,1-2H3,(H,18,19)/t11?,13?,14-/m1/s1. The van der Waals surface area contributed by atoms with E-state index in [1.54, 1.807) is 7.11 Å². The van der Waals surface area contributed by atoms with E-state index in [-0.39, 0.29) is 18.2 Å². The molecule has 0 spiro atoms. The number of nitrogens with zero attached hydrogens (tertiary/aromatic N) is 1. The molecule has 1 aliphatic heterocycles. The molecule has 1 fully saturated rings. The lowest BCUT2D eigenvalue weighted by Gasteiger charge is -2.38. The molecule has 1 aromatic rings. The van der Waals surface area contributed by atoms with Gasteiger partial charge in [0, 0.05) is 25.7 Å². The second-order valence-electron chi connectivity index (χ2n) is 5.20. The second-order valence-corrected chi connectivity index (χ2v) is 5.20. The molecule has 2 rings (SSSR count). The molecule has 1 aliphatic rings. The van der Waals surface area contributed by atoms with Crippen molar-refractivity contribution in [3.05, 3.63) is 35.9 Å². The minimum atomic E-state index is -0.874. The lowest BCUT2D eigenvalue weighted by atomic mass is 9.99. The number of rotatable bonds is 4. The molecule has 2 unspecified atom stereocenters. The Balaban J connectivity index is 1.97. The van der Waals surface area contributed by atoms with Crippen LogP contribution in [0.5, 0.6) is 0 Å². The van der Waals surface area contributed by atoms with E-state index in [4.69, 9.17) is 9.84 Å². The van der Waals surface area contributed by atoms with Crippen molar-refractivity contribution in [2.75, 3.05) is 20.2 Å². The molecule has 5 heteroatoms. The fourth-order valence-electron chi connectivity index (χ4n) is 2.68. The number of methoxy groups -OCH3 is 1. The average Bonchev–Trinajstić information content (AvgIpc) is 2.48. The zero-order valence-electron chi connectivity index (χ0n) is 12.0. The third-order valence-corrected chi connectivity index (χ3v) is 3.90. The minimum absolute atomic E-state index is 0.106. The van der Waals surface area contributed by atoms with Crippen LogP contribution in [0, 0.1) is 0 Å². The number of ether oxygens (including phenoxy) is 1. The van der Waals surface area contributed by atoms with Gasteiger partial charge in [0.25, 0.3) is 0 Å². The number of carboxylic acid groups (broad SMARTS) is 1. The van der Waals surface area contributed by atoms with Crippen LogP contribution in [0.2, 0.25) is 0 Å². The third kappa shape index (κ3) is 3.49. The van der Waals surface area contributed by atoms with E-state index < -0.39 is 6.09 Å². The van der Waals surface area contributed by atoms with Gasteiger partial charge in [0.05, 0.1) is 12.6 Å². The molecular weight excluding hydrogens is 256 g/mol. The second kappa shape index (κ2) is 6.72. The van der Waals surface area contributed by atoms with Gasteiger partial charge in [-0.1, -0.05) is 30.3 Å². The topological polar surface area (TPSA) is 61.8 Å². The van der Waals surface area contributed by atoms with E-state index in [1.807, 2.05) is 18.2 Å². The summed E-state index contributed by atoms with van der Waals surface area (Å²) in [6.45, 7) is 3.09. The normalized spacial score (nSPS) is 24.4. The minimum Gasteiger partial charge on any atom is -0.465 e. The van der Waals surface area contributed by atoms with Crippen molar-refractivity contribution in [1.29, 1.82) is 0 Å². The van der Waals surface area contributed by atoms with Crippen LogP contribution < -0.4 is 5.32 Å². The van der Waals surface area contributed by atoms with Crippen LogP contribution >= 0.6 is 0 Å². The zero-order chi connectivity index (χ0) is 14.5. The van der Waals surface area contributed by atoms with E-state index in [0.29, 0.717) is 13.1 Å². The van der Waals surface area contributed by atoms with E-state index in [9.17, 15) is 4.79 Å². The summed E-state index contributed by atoms with van der Waals surface area (Å²) in [5.74, 6) is 0. The summed E-state index contributed by atoms with van der Waals surface area (Å²) in [5, 5.41) is 12.6. The summed E-state index contributed by atoms with van der Waals surface area (Å²) in [6, 6.07) is 10.6. The summed E-state index contributed by atoms with van der Waals surface area (Å²) >= 11 is 0. The van der Waals surface area contributed by atoms with Crippen molar-refractivity contribution in [2.45, 2.75) is 31.5 Å². The molecule has 0 aliphatic carbocycles. The van der Waals surface area contributed by atoms with E-state index in [2.05, 4.69) is 24.4 Å². The Labute approximate surface area is 119 Å². The molecule has 0 bridgehead atoms. The van der Waals surface area contributed by atoms with Crippen LogP contribution in [0.4, 0.5) is 4.79 Å².